The number of nitrogens with one attached hydrogen (secondary N) is 1. The summed E-state index contributed by atoms with van der Waals surface area (Å²) in [5, 5.41) is 9.90. The Morgan fingerprint density at radius 1 is 1.08 bits per heavy atom. The van der Waals surface area contributed by atoms with Crippen LogP contribution in [0.15, 0.2) is 46.9 Å². The van der Waals surface area contributed by atoms with Gasteiger partial charge in [-0.15, -0.1) is 10.2 Å². The van der Waals surface area contributed by atoms with Gasteiger partial charge in [-0.1, -0.05) is 6.07 Å². The van der Waals surface area contributed by atoms with Crippen molar-refractivity contribution >= 4 is 11.7 Å². The molecule has 0 fully saturated rings. The summed E-state index contributed by atoms with van der Waals surface area (Å²) < 4.78 is 43.2. The van der Waals surface area contributed by atoms with Crippen LogP contribution >= 0.6 is 0 Å². The Morgan fingerprint density at radius 2 is 1.80 bits per heavy atom. The predicted molar refractivity (Wildman–Crippen MR) is 81.7 cm³/mol. The van der Waals surface area contributed by atoms with E-state index in [1.165, 1.54) is 24.3 Å². The number of hydrogen-bond acceptors (Lipinski definition) is 5. The molecule has 3 rings (SSSR count). The van der Waals surface area contributed by atoms with Crippen LogP contribution in [-0.4, -0.2) is 21.1 Å². The van der Waals surface area contributed by atoms with Crippen LogP contribution in [0.4, 0.5) is 19.0 Å². The number of carbonyl (C=O) groups excluding carboxylic acids is 1. The van der Waals surface area contributed by atoms with Gasteiger partial charge in [0.25, 0.3) is 5.91 Å². The number of carbonyl (C=O) groups is 1. The first kappa shape index (κ1) is 16.6. The molecule has 128 valence electrons. The zero-order valence-corrected chi connectivity index (χ0v) is 12.8. The topological polar surface area (TPSA) is 80.9 Å². The van der Waals surface area contributed by atoms with Crippen molar-refractivity contribution in [2.75, 3.05) is 5.32 Å². The van der Waals surface area contributed by atoms with Crippen LogP contribution in [0.5, 0.6) is 0 Å². The molecule has 6 nitrogen and oxygen atoms in total. The quantitative estimate of drug-likeness (QED) is 0.780. The first-order chi connectivity index (χ1) is 11.8. The van der Waals surface area contributed by atoms with E-state index < -0.39 is 17.8 Å². The lowest BCUT2D eigenvalue weighted by atomic mass is 10.1. The molecule has 0 spiro atoms. The van der Waals surface area contributed by atoms with Crippen molar-refractivity contribution in [3.63, 3.8) is 0 Å². The van der Waals surface area contributed by atoms with Crippen LogP contribution in [0.3, 0.4) is 0 Å². The van der Waals surface area contributed by atoms with E-state index in [0.29, 0.717) is 17.3 Å². The molecule has 0 radical (unpaired) electrons. The number of aryl methyl sites for hydroxylation is 1. The highest BCUT2D eigenvalue weighted by molar-refractivity contribution is 6.03. The largest absolute Gasteiger partial charge is 0.433 e. The van der Waals surface area contributed by atoms with Crippen molar-refractivity contribution in [3.8, 4) is 11.5 Å². The zero-order valence-electron chi connectivity index (χ0n) is 12.8. The molecule has 0 aliphatic carbocycles. The number of rotatable bonds is 3. The third kappa shape index (κ3) is 3.82. The molecule has 0 aliphatic rings. The summed E-state index contributed by atoms with van der Waals surface area (Å²) in [6, 6.07) is 9.48. The molecular formula is C16H11F3N4O2. The van der Waals surface area contributed by atoms with Gasteiger partial charge >= 0.3 is 6.18 Å². The minimum absolute atomic E-state index is 0.184. The molecule has 0 unspecified atom stereocenters. The maximum Gasteiger partial charge on any atom is 0.433 e. The van der Waals surface area contributed by atoms with Crippen LogP contribution in [0.1, 0.15) is 21.9 Å². The summed E-state index contributed by atoms with van der Waals surface area (Å²) in [6.45, 7) is 1.65. The van der Waals surface area contributed by atoms with Crippen LogP contribution in [-0.2, 0) is 6.18 Å². The van der Waals surface area contributed by atoms with E-state index in [4.69, 9.17) is 4.42 Å². The van der Waals surface area contributed by atoms with Crippen molar-refractivity contribution < 1.29 is 22.4 Å². The summed E-state index contributed by atoms with van der Waals surface area (Å²) in [7, 11) is 0. The summed E-state index contributed by atoms with van der Waals surface area (Å²) in [5.41, 5.74) is -0.207. The predicted octanol–water partition coefficient (Wildman–Crippen LogP) is 3.71. The van der Waals surface area contributed by atoms with Crippen LogP contribution in [0, 0.1) is 6.92 Å². The first-order valence-corrected chi connectivity index (χ1v) is 7.09. The second kappa shape index (κ2) is 6.34. The highest BCUT2D eigenvalue weighted by atomic mass is 19.4. The number of alkyl halides is 3. The molecule has 2 aromatic heterocycles. The van der Waals surface area contributed by atoms with E-state index in [-0.39, 0.29) is 11.4 Å². The van der Waals surface area contributed by atoms with Crippen molar-refractivity contribution in [1.29, 1.82) is 0 Å². The molecule has 0 aliphatic heterocycles. The Labute approximate surface area is 139 Å². The number of anilines is 1. The van der Waals surface area contributed by atoms with Gasteiger partial charge < -0.3 is 9.73 Å². The molecule has 0 saturated heterocycles. The Morgan fingerprint density at radius 3 is 2.40 bits per heavy atom. The second-order valence-electron chi connectivity index (χ2n) is 5.06. The maximum absolute atomic E-state index is 12.6. The number of aromatic nitrogens is 3. The molecule has 0 atom stereocenters. The van der Waals surface area contributed by atoms with Gasteiger partial charge in [0.05, 0.1) is 0 Å². The smallest absolute Gasteiger partial charge is 0.421 e. The molecule has 1 N–H and O–H groups in total. The van der Waals surface area contributed by atoms with Crippen molar-refractivity contribution in [1.82, 2.24) is 15.2 Å². The van der Waals surface area contributed by atoms with Gasteiger partial charge in [0, 0.05) is 18.1 Å². The average molecular weight is 348 g/mol. The zero-order chi connectivity index (χ0) is 18.0. The third-order valence-electron chi connectivity index (χ3n) is 3.20. The summed E-state index contributed by atoms with van der Waals surface area (Å²) in [4.78, 5) is 15.5. The van der Waals surface area contributed by atoms with E-state index in [9.17, 15) is 18.0 Å². The molecule has 25 heavy (non-hydrogen) atoms. The number of benzene rings is 1. The minimum Gasteiger partial charge on any atom is -0.421 e. The fourth-order valence-electron chi connectivity index (χ4n) is 2.03. The van der Waals surface area contributed by atoms with E-state index in [2.05, 4.69) is 20.5 Å². The van der Waals surface area contributed by atoms with Crippen molar-refractivity contribution in [2.24, 2.45) is 0 Å². The molecule has 2 heterocycles. The number of pyridine rings is 1. The molecule has 3 aromatic rings. The highest BCUT2D eigenvalue weighted by Crippen LogP contribution is 2.28. The van der Waals surface area contributed by atoms with Gasteiger partial charge in [0.1, 0.15) is 11.5 Å². The Bertz CT molecular complexity index is 904. The molecule has 1 amide bonds. The van der Waals surface area contributed by atoms with Gasteiger partial charge in [0.15, 0.2) is 0 Å². The number of hydrogen-bond donors (Lipinski definition) is 1. The number of halogens is 3. The molecular weight excluding hydrogens is 337 g/mol. The molecule has 1 aromatic carbocycles. The Hall–Kier alpha value is -3.23. The third-order valence-corrected chi connectivity index (χ3v) is 3.20. The van der Waals surface area contributed by atoms with Gasteiger partial charge in [-0.3, -0.25) is 4.79 Å². The monoisotopic (exact) mass is 348 g/mol. The van der Waals surface area contributed by atoms with E-state index in [1.54, 1.807) is 19.1 Å². The van der Waals surface area contributed by atoms with E-state index in [0.717, 1.165) is 6.07 Å². The second-order valence-corrected chi connectivity index (χ2v) is 5.06. The maximum atomic E-state index is 12.6. The van der Waals surface area contributed by atoms with Gasteiger partial charge in [-0.25, -0.2) is 4.98 Å². The van der Waals surface area contributed by atoms with Gasteiger partial charge in [-0.05, 0) is 36.4 Å². The Balaban J connectivity index is 1.75. The van der Waals surface area contributed by atoms with Gasteiger partial charge in [-0.2, -0.15) is 13.2 Å². The minimum atomic E-state index is -4.58. The average Bonchev–Trinajstić information content (AvgIpc) is 3.01. The van der Waals surface area contributed by atoms with Gasteiger partial charge in [0.2, 0.25) is 11.8 Å². The van der Waals surface area contributed by atoms with Crippen molar-refractivity contribution in [2.45, 2.75) is 13.1 Å². The number of amides is 1. The molecule has 9 heteroatoms. The van der Waals surface area contributed by atoms with E-state index in [1.807, 2.05) is 0 Å². The van der Waals surface area contributed by atoms with Crippen LogP contribution < -0.4 is 5.32 Å². The lowest BCUT2D eigenvalue weighted by Gasteiger charge is -2.09. The lowest BCUT2D eigenvalue weighted by Crippen LogP contribution is -2.15. The summed E-state index contributed by atoms with van der Waals surface area (Å²) in [6.07, 6.45) is -4.58. The highest BCUT2D eigenvalue weighted by Gasteiger charge is 2.32. The summed E-state index contributed by atoms with van der Waals surface area (Å²) in [5.74, 6) is -0.0482. The standard InChI is InChI=1S/C16H11F3N4O2/c1-9-22-23-15(25-9)11-7-5-10(6-8-11)14(24)21-13-4-2-3-12(20-13)16(17,18)19/h2-8H,1H3,(H,20,21,24). The van der Waals surface area contributed by atoms with Crippen LogP contribution in [0.2, 0.25) is 0 Å². The SMILES string of the molecule is Cc1nnc(-c2ccc(C(=O)Nc3cccc(C(F)(F)F)n3)cc2)o1. The van der Waals surface area contributed by atoms with E-state index >= 15 is 0 Å². The van der Waals surface area contributed by atoms with Crippen molar-refractivity contribution in [3.05, 3.63) is 59.6 Å². The molecule has 0 bridgehead atoms. The normalized spacial score (nSPS) is 11.4. The Kier molecular flexibility index (Phi) is 4.22. The first-order valence-electron chi connectivity index (χ1n) is 7.09. The lowest BCUT2D eigenvalue weighted by molar-refractivity contribution is -0.141. The number of nitrogens with zero attached hydrogens (tertiary/aromatic N) is 3. The fraction of sp³-hybridized carbons (Fsp3) is 0.125. The molecule has 0 saturated carbocycles. The van der Waals surface area contributed by atoms with Crippen LogP contribution in [0.25, 0.3) is 11.5 Å². The summed E-state index contributed by atoms with van der Waals surface area (Å²) >= 11 is 0. The fourth-order valence-corrected chi connectivity index (χ4v) is 2.03.